The second-order valence-corrected chi connectivity index (χ2v) is 5.97. The standard InChI is InChI=1S/C15H21N5O2/c1-5-19-9(4)11(7-16-19)10-6-12(21)17-14-13(10)15(22)18-20(14)8(2)3/h7-8,10H,5-6H2,1-4H3,(H,17,21)(H,18,22). The van der Waals surface area contributed by atoms with Crippen LogP contribution in [0.15, 0.2) is 11.0 Å². The maximum Gasteiger partial charge on any atom is 0.270 e. The van der Waals surface area contributed by atoms with E-state index in [0.717, 1.165) is 17.8 Å². The number of anilines is 1. The van der Waals surface area contributed by atoms with Crippen LogP contribution in [0.1, 0.15) is 56.0 Å². The summed E-state index contributed by atoms with van der Waals surface area (Å²) >= 11 is 0. The Morgan fingerprint density at radius 1 is 1.41 bits per heavy atom. The Morgan fingerprint density at radius 3 is 2.73 bits per heavy atom. The topological polar surface area (TPSA) is 84.7 Å². The van der Waals surface area contributed by atoms with Crippen molar-refractivity contribution in [3.63, 3.8) is 0 Å². The van der Waals surface area contributed by atoms with Crippen molar-refractivity contribution in [3.05, 3.63) is 33.4 Å². The smallest absolute Gasteiger partial charge is 0.270 e. The van der Waals surface area contributed by atoms with Gasteiger partial charge in [-0.1, -0.05) is 0 Å². The van der Waals surface area contributed by atoms with E-state index >= 15 is 0 Å². The summed E-state index contributed by atoms with van der Waals surface area (Å²) in [6.07, 6.45) is 2.05. The SMILES string of the molecule is CCn1ncc(C2CC(=O)Nc3c2c(=O)[nH]n3C(C)C)c1C. The number of carbonyl (C=O) groups excluding carboxylic acids is 1. The molecule has 118 valence electrons. The largest absolute Gasteiger partial charge is 0.311 e. The van der Waals surface area contributed by atoms with Gasteiger partial charge in [0.2, 0.25) is 5.91 Å². The summed E-state index contributed by atoms with van der Waals surface area (Å²) in [4.78, 5) is 24.5. The van der Waals surface area contributed by atoms with Crippen molar-refractivity contribution in [3.8, 4) is 0 Å². The highest BCUT2D eigenvalue weighted by molar-refractivity contribution is 5.94. The van der Waals surface area contributed by atoms with Crippen LogP contribution in [0.25, 0.3) is 0 Å². The predicted molar refractivity (Wildman–Crippen MR) is 83.2 cm³/mol. The maximum absolute atomic E-state index is 12.4. The molecule has 1 amide bonds. The van der Waals surface area contributed by atoms with Gasteiger partial charge in [0, 0.05) is 36.2 Å². The predicted octanol–water partition coefficient (Wildman–Crippen LogP) is 1.76. The molecule has 22 heavy (non-hydrogen) atoms. The van der Waals surface area contributed by atoms with E-state index in [1.54, 1.807) is 10.9 Å². The lowest BCUT2D eigenvalue weighted by Gasteiger charge is -2.23. The number of H-pyrrole nitrogens is 1. The van der Waals surface area contributed by atoms with Gasteiger partial charge < -0.3 is 5.32 Å². The zero-order valence-electron chi connectivity index (χ0n) is 13.3. The Balaban J connectivity index is 2.18. The molecule has 1 aliphatic heterocycles. The number of hydrogen-bond donors (Lipinski definition) is 2. The molecule has 7 heteroatoms. The third kappa shape index (κ3) is 2.08. The van der Waals surface area contributed by atoms with Crippen LogP contribution in [0, 0.1) is 6.92 Å². The van der Waals surface area contributed by atoms with E-state index in [1.165, 1.54) is 0 Å². The van der Waals surface area contributed by atoms with Crippen molar-refractivity contribution < 1.29 is 4.79 Å². The van der Waals surface area contributed by atoms with E-state index in [-0.39, 0.29) is 29.8 Å². The molecule has 0 spiro atoms. The Kier molecular flexibility index (Phi) is 3.42. The van der Waals surface area contributed by atoms with Crippen LogP contribution in [-0.4, -0.2) is 25.5 Å². The summed E-state index contributed by atoms with van der Waals surface area (Å²) in [6, 6.07) is 0.0648. The quantitative estimate of drug-likeness (QED) is 0.906. The summed E-state index contributed by atoms with van der Waals surface area (Å²) in [7, 11) is 0. The second-order valence-electron chi connectivity index (χ2n) is 5.97. The number of nitrogens with zero attached hydrogens (tertiary/aromatic N) is 3. The van der Waals surface area contributed by atoms with Gasteiger partial charge in [-0.25, -0.2) is 0 Å². The Hall–Kier alpha value is -2.31. The minimum absolute atomic E-state index is 0.0648. The van der Waals surface area contributed by atoms with Gasteiger partial charge in [0.25, 0.3) is 5.56 Å². The van der Waals surface area contributed by atoms with Gasteiger partial charge in [-0.05, 0) is 27.7 Å². The lowest BCUT2D eigenvalue weighted by Crippen LogP contribution is -2.27. The molecule has 1 aliphatic rings. The normalized spacial score (nSPS) is 17.7. The van der Waals surface area contributed by atoms with Crippen molar-refractivity contribution in [2.75, 3.05) is 5.32 Å². The van der Waals surface area contributed by atoms with Gasteiger partial charge >= 0.3 is 0 Å². The van der Waals surface area contributed by atoms with Crippen molar-refractivity contribution in [2.24, 2.45) is 0 Å². The number of aromatic nitrogens is 4. The first-order valence-corrected chi connectivity index (χ1v) is 7.60. The third-order valence-electron chi connectivity index (χ3n) is 4.29. The number of hydrogen-bond acceptors (Lipinski definition) is 3. The van der Waals surface area contributed by atoms with Gasteiger partial charge in [-0.3, -0.25) is 24.1 Å². The molecule has 3 heterocycles. The fourth-order valence-corrected chi connectivity index (χ4v) is 3.16. The third-order valence-corrected chi connectivity index (χ3v) is 4.29. The number of rotatable bonds is 3. The minimum Gasteiger partial charge on any atom is -0.311 e. The van der Waals surface area contributed by atoms with Crippen LogP contribution in [0.2, 0.25) is 0 Å². The Morgan fingerprint density at radius 2 is 2.14 bits per heavy atom. The average Bonchev–Trinajstić information content (AvgIpc) is 2.99. The first-order chi connectivity index (χ1) is 10.4. The molecular formula is C15H21N5O2. The molecule has 3 rings (SSSR count). The van der Waals surface area contributed by atoms with Crippen molar-refractivity contribution in [1.82, 2.24) is 19.6 Å². The molecule has 1 unspecified atom stereocenters. The summed E-state index contributed by atoms with van der Waals surface area (Å²) in [5.41, 5.74) is 2.44. The molecule has 7 nitrogen and oxygen atoms in total. The molecule has 0 fully saturated rings. The molecule has 2 N–H and O–H groups in total. The summed E-state index contributed by atoms with van der Waals surface area (Å²) in [5, 5.41) is 10.0. The van der Waals surface area contributed by atoms with E-state index < -0.39 is 0 Å². The van der Waals surface area contributed by atoms with Gasteiger partial charge in [0.05, 0.1) is 11.8 Å². The molecular weight excluding hydrogens is 282 g/mol. The van der Waals surface area contributed by atoms with Crippen molar-refractivity contribution in [1.29, 1.82) is 0 Å². The summed E-state index contributed by atoms with van der Waals surface area (Å²) in [5.74, 6) is 0.271. The number of aromatic amines is 1. The van der Waals surface area contributed by atoms with E-state index in [4.69, 9.17) is 0 Å². The lowest BCUT2D eigenvalue weighted by molar-refractivity contribution is -0.116. The number of carbonyl (C=O) groups is 1. The number of amides is 1. The molecule has 0 aliphatic carbocycles. The minimum atomic E-state index is -0.243. The zero-order valence-corrected chi connectivity index (χ0v) is 13.3. The van der Waals surface area contributed by atoms with E-state index in [1.807, 2.05) is 32.4 Å². The maximum atomic E-state index is 12.4. The van der Waals surface area contributed by atoms with E-state index in [0.29, 0.717) is 11.4 Å². The van der Waals surface area contributed by atoms with Gasteiger partial charge in [0.1, 0.15) is 5.82 Å². The molecule has 0 bridgehead atoms. The highest BCUT2D eigenvalue weighted by atomic mass is 16.2. The van der Waals surface area contributed by atoms with E-state index in [2.05, 4.69) is 15.5 Å². The molecule has 0 radical (unpaired) electrons. The van der Waals surface area contributed by atoms with E-state index in [9.17, 15) is 9.59 Å². The van der Waals surface area contributed by atoms with Crippen LogP contribution in [0.3, 0.4) is 0 Å². The average molecular weight is 303 g/mol. The fourth-order valence-electron chi connectivity index (χ4n) is 3.16. The van der Waals surface area contributed by atoms with Gasteiger partial charge in [-0.2, -0.15) is 5.10 Å². The Labute approximate surface area is 128 Å². The highest BCUT2D eigenvalue weighted by Crippen LogP contribution is 2.36. The molecule has 2 aromatic rings. The van der Waals surface area contributed by atoms with Crippen LogP contribution in [0.5, 0.6) is 0 Å². The summed E-state index contributed by atoms with van der Waals surface area (Å²) in [6.45, 7) is 8.69. The number of nitrogens with one attached hydrogen (secondary N) is 2. The number of fused-ring (bicyclic) bond motifs is 1. The van der Waals surface area contributed by atoms with Crippen molar-refractivity contribution >= 4 is 11.7 Å². The molecule has 0 saturated carbocycles. The number of aryl methyl sites for hydroxylation is 1. The molecule has 0 saturated heterocycles. The van der Waals surface area contributed by atoms with Crippen LogP contribution < -0.4 is 10.9 Å². The molecule has 1 atom stereocenters. The van der Waals surface area contributed by atoms with Gasteiger partial charge in [-0.15, -0.1) is 0 Å². The van der Waals surface area contributed by atoms with Crippen LogP contribution >= 0.6 is 0 Å². The zero-order chi connectivity index (χ0) is 16.0. The van der Waals surface area contributed by atoms with Crippen LogP contribution in [0.4, 0.5) is 5.82 Å². The first-order valence-electron chi connectivity index (χ1n) is 7.60. The Bertz CT molecular complexity index is 780. The highest BCUT2D eigenvalue weighted by Gasteiger charge is 2.34. The van der Waals surface area contributed by atoms with Crippen molar-refractivity contribution in [2.45, 2.75) is 52.6 Å². The lowest BCUT2D eigenvalue weighted by atomic mass is 9.87. The molecule has 0 aromatic carbocycles. The monoisotopic (exact) mass is 303 g/mol. The molecule has 2 aromatic heterocycles. The first kappa shape index (κ1) is 14.6. The second kappa shape index (κ2) is 5.15. The fraction of sp³-hybridized carbons (Fsp3) is 0.533. The van der Waals surface area contributed by atoms with Gasteiger partial charge in [0.15, 0.2) is 0 Å². The van der Waals surface area contributed by atoms with Crippen LogP contribution in [-0.2, 0) is 11.3 Å². The summed E-state index contributed by atoms with van der Waals surface area (Å²) < 4.78 is 3.61.